The van der Waals surface area contributed by atoms with Crippen molar-refractivity contribution in [2.45, 2.75) is 31.5 Å². The summed E-state index contributed by atoms with van der Waals surface area (Å²) < 4.78 is 0. The fraction of sp³-hybridized carbons (Fsp3) is 0.316. The van der Waals surface area contributed by atoms with Crippen LogP contribution in [0.1, 0.15) is 21.7 Å². The van der Waals surface area contributed by atoms with Gasteiger partial charge in [0.1, 0.15) is 17.0 Å². The lowest BCUT2D eigenvalue weighted by Gasteiger charge is -2.23. The second-order valence-electron chi connectivity index (χ2n) is 6.35. The summed E-state index contributed by atoms with van der Waals surface area (Å²) in [6, 6.07) is 11.9. The Labute approximate surface area is 166 Å². The summed E-state index contributed by atoms with van der Waals surface area (Å²) in [5.74, 6) is -0.525. The van der Waals surface area contributed by atoms with Crippen LogP contribution >= 0.6 is 22.9 Å². The summed E-state index contributed by atoms with van der Waals surface area (Å²) in [5.41, 5.74) is 0.895. The fourth-order valence-corrected chi connectivity index (χ4v) is 3.95. The van der Waals surface area contributed by atoms with Crippen LogP contribution in [0.3, 0.4) is 0 Å². The zero-order chi connectivity index (χ0) is 19.4. The SMILES string of the molecule is N#Cc1ccc(CC(=O)N2C[C@H](O)C[C@H]2C(=O)NCc2ccc(Cl)cc2)s1. The Morgan fingerprint density at radius 2 is 2.04 bits per heavy atom. The number of nitrogens with one attached hydrogen (secondary N) is 1. The molecular formula is C19H18ClN3O3S. The molecule has 27 heavy (non-hydrogen) atoms. The van der Waals surface area contributed by atoms with Crippen molar-refractivity contribution in [2.24, 2.45) is 0 Å². The highest BCUT2D eigenvalue weighted by atomic mass is 35.5. The fourth-order valence-electron chi connectivity index (χ4n) is 3.03. The molecule has 1 aliphatic rings. The maximum atomic E-state index is 12.6. The van der Waals surface area contributed by atoms with Gasteiger partial charge in [0.25, 0.3) is 0 Å². The molecule has 2 atom stereocenters. The van der Waals surface area contributed by atoms with E-state index in [9.17, 15) is 14.7 Å². The van der Waals surface area contributed by atoms with E-state index in [-0.39, 0.29) is 31.2 Å². The van der Waals surface area contributed by atoms with Crippen LogP contribution in [-0.4, -0.2) is 40.5 Å². The number of benzene rings is 1. The highest BCUT2D eigenvalue weighted by Crippen LogP contribution is 2.22. The zero-order valence-corrected chi connectivity index (χ0v) is 16.0. The van der Waals surface area contributed by atoms with Gasteiger partial charge in [-0.05, 0) is 29.8 Å². The van der Waals surface area contributed by atoms with Gasteiger partial charge in [-0.2, -0.15) is 5.26 Å². The van der Waals surface area contributed by atoms with Gasteiger partial charge in [0.2, 0.25) is 11.8 Å². The van der Waals surface area contributed by atoms with Crippen molar-refractivity contribution in [3.8, 4) is 6.07 Å². The smallest absolute Gasteiger partial charge is 0.243 e. The molecule has 1 aromatic carbocycles. The van der Waals surface area contributed by atoms with Crippen molar-refractivity contribution in [2.75, 3.05) is 6.54 Å². The Balaban J connectivity index is 1.62. The molecule has 1 saturated heterocycles. The number of nitrogens with zero attached hydrogens (tertiary/aromatic N) is 2. The first-order chi connectivity index (χ1) is 13.0. The van der Waals surface area contributed by atoms with Gasteiger partial charge in [-0.3, -0.25) is 9.59 Å². The Kier molecular flexibility index (Phi) is 6.11. The summed E-state index contributed by atoms with van der Waals surface area (Å²) in [6.45, 7) is 0.454. The summed E-state index contributed by atoms with van der Waals surface area (Å²) >= 11 is 7.11. The van der Waals surface area contributed by atoms with Crippen LogP contribution in [0.25, 0.3) is 0 Å². The van der Waals surface area contributed by atoms with E-state index in [2.05, 4.69) is 5.32 Å². The third-order valence-electron chi connectivity index (χ3n) is 4.38. The minimum absolute atomic E-state index is 0.111. The quantitative estimate of drug-likeness (QED) is 0.799. The molecule has 1 aliphatic heterocycles. The summed E-state index contributed by atoms with van der Waals surface area (Å²) in [6.07, 6.45) is -0.398. The normalized spacial score (nSPS) is 18.9. The maximum absolute atomic E-state index is 12.6. The molecule has 1 aromatic heterocycles. The molecule has 0 bridgehead atoms. The number of nitriles is 1. The third kappa shape index (κ3) is 4.86. The number of carbonyl (C=O) groups is 2. The van der Waals surface area contributed by atoms with Gasteiger partial charge in [0, 0.05) is 29.4 Å². The monoisotopic (exact) mass is 403 g/mol. The molecule has 0 radical (unpaired) electrons. The average Bonchev–Trinajstić information content (AvgIpc) is 3.27. The first kappa shape index (κ1) is 19.4. The number of hydrogen-bond acceptors (Lipinski definition) is 5. The lowest BCUT2D eigenvalue weighted by Crippen LogP contribution is -2.46. The molecule has 0 saturated carbocycles. The Bertz CT molecular complexity index is 875. The highest BCUT2D eigenvalue weighted by molar-refractivity contribution is 7.12. The number of thiophene rings is 1. The molecule has 6 nitrogen and oxygen atoms in total. The topological polar surface area (TPSA) is 93.4 Å². The highest BCUT2D eigenvalue weighted by Gasteiger charge is 2.38. The van der Waals surface area contributed by atoms with E-state index in [1.54, 1.807) is 24.3 Å². The largest absolute Gasteiger partial charge is 0.391 e. The summed E-state index contributed by atoms with van der Waals surface area (Å²) in [5, 5.41) is 22.3. The van der Waals surface area contributed by atoms with Crippen molar-refractivity contribution < 1.29 is 14.7 Å². The maximum Gasteiger partial charge on any atom is 0.243 e. The Morgan fingerprint density at radius 1 is 1.30 bits per heavy atom. The van der Waals surface area contributed by atoms with E-state index in [4.69, 9.17) is 16.9 Å². The molecule has 0 unspecified atom stereocenters. The van der Waals surface area contributed by atoms with Crippen molar-refractivity contribution in [1.82, 2.24) is 10.2 Å². The van der Waals surface area contributed by atoms with E-state index in [0.29, 0.717) is 16.4 Å². The van der Waals surface area contributed by atoms with Crippen molar-refractivity contribution in [3.05, 3.63) is 56.7 Å². The molecule has 1 fully saturated rings. The van der Waals surface area contributed by atoms with E-state index >= 15 is 0 Å². The summed E-state index contributed by atoms with van der Waals surface area (Å²) in [4.78, 5) is 27.9. The number of hydrogen-bond donors (Lipinski definition) is 2. The predicted molar refractivity (Wildman–Crippen MR) is 102 cm³/mol. The molecule has 0 aliphatic carbocycles. The molecular weight excluding hydrogens is 386 g/mol. The number of carbonyl (C=O) groups excluding carboxylic acids is 2. The van der Waals surface area contributed by atoms with Crippen LogP contribution in [-0.2, 0) is 22.6 Å². The first-order valence-corrected chi connectivity index (χ1v) is 9.64. The Morgan fingerprint density at radius 3 is 2.70 bits per heavy atom. The minimum Gasteiger partial charge on any atom is -0.391 e. The van der Waals surface area contributed by atoms with E-state index in [0.717, 1.165) is 10.4 Å². The van der Waals surface area contributed by atoms with E-state index in [1.807, 2.05) is 18.2 Å². The lowest BCUT2D eigenvalue weighted by atomic mass is 10.1. The minimum atomic E-state index is -0.724. The summed E-state index contributed by atoms with van der Waals surface area (Å²) in [7, 11) is 0. The number of β-amino-alcohol motifs (C(OH)–C–C–N with tert-alkyl or cyclic N) is 1. The lowest BCUT2D eigenvalue weighted by molar-refractivity contribution is -0.138. The number of rotatable bonds is 5. The number of halogens is 1. The van der Waals surface area contributed by atoms with Gasteiger partial charge in [-0.25, -0.2) is 0 Å². The van der Waals surface area contributed by atoms with Crippen LogP contribution in [0.4, 0.5) is 0 Å². The van der Waals surface area contributed by atoms with Gasteiger partial charge in [-0.1, -0.05) is 23.7 Å². The molecule has 2 N–H and O–H groups in total. The Hall–Kier alpha value is -2.40. The first-order valence-electron chi connectivity index (χ1n) is 8.45. The van der Waals surface area contributed by atoms with Crippen LogP contribution in [0.15, 0.2) is 36.4 Å². The van der Waals surface area contributed by atoms with Crippen molar-refractivity contribution in [1.29, 1.82) is 5.26 Å². The average molecular weight is 404 g/mol. The van der Waals surface area contributed by atoms with Gasteiger partial charge in [-0.15, -0.1) is 11.3 Å². The zero-order valence-electron chi connectivity index (χ0n) is 14.4. The number of aliphatic hydroxyl groups excluding tert-OH is 1. The molecule has 2 aromatic rings. The van der Waals surface area contributed by atoms with Crippen LogP contribution in [0, 0.1) is 11.3 Å². The van der Waals surface area contributed by atoms with E-state index < -0.39 is 12.1 Å². The number of likely N-dealkylation sites (tertiary alicyclic amines) is 1. The van der Waals surface area contributed by atoms with Gasteiger partial charge < -0.3 is 15.3 Å². The molecule has 0 spiro atoms. The molecule has 140 valence electrons. The number of aliphatic hydroxyl groups is 1. The standard InChI is InChI=1S/C19H18ClN3O3S/c20-13-3-1-12(2-4-13)10-22-19(26)17-7-14(24)11-23(17)18(25)8-15-5-6-16(9-21)27-15/h1-6,14,17,24H,7-8,10-11H2,(H,22,26)/t14-,17+/m1/s1. The van der Waals surface area contributed by atoms with Gasteiger partial charge in [0.15, 0.2) is 0 Å². The van der Waals surface area contributed by atoms with Crippen molar-refractivity contribution >= 4 is 34.8 Å². The second-order valence-corrected chi connectivity index (χ2v) is 7.95. The molecule has 3 rings (SSSR count). The van der Waals surface area contributed by atoms with Crippen LogP contribution in [0.2, 0.25) is 5.02 Å². The molecule has 8 heteroatoms. The van der Waals surface area contributed by atoms with Gasteiger partial charge in [0.05, 0.1) is 12.5 Å². The second kappa shape index (κ2) is 8.53. The predicted octanol–water partition coefficient (Wildman–Crippen LogP) is 2.09. The molecule has 2 heterocycles. The number of amides is 2. The van der Waals surface area contributed by atoms with Crippen LogP contribution in [0.5, 0.6) is 0 Å². The van der Waals surface area contributed by atoms with Crippen molar-refractivity contribution in [3.63, 3.8) is 0 Å². The third-order valence-corrected chi connectivity index (χ3v) is 5.62. The van der Waals surface area contributed by atoms with Crippen LogP contribution < -0.4 is 5.32 Å². The molecule has 2 amide bonds. The van der Waals surface area contributed by atoms with Gasteiger partial charge >= 0.3 is 0 Å². The van der Waals surface area contributed by atoms with E-state index in [1.165, 1.54) is 16.2 Å².